The standard InChI is InChI=1S/C18H15N3O2S/c1-22-11-5-6-12(16(8-11)23-2)13-9-15(17-4-3-7-24-17)21-18(20)14(13)10-19/h3-9H,1-2H3,(H2,20,21). The van der Waals surface area contributed by atoms with Crippen molar-refractivity contribution in [2.24, 2.45) is 0 Å². The average molecular weight is 337 g/mol. The van der Waals surface area contributed by atoms with Crippen LogP contribution in [0, 0.1) is 11.3 Å². The number of hydrogen-bond donors (Lipinski definition) is 1. The van der Waals surface area contributed by atoms with Gasteiger partial charge in [0.1, 0.15) is 28.9 Å². The number of thiophene rings is 1. The highest BCUT2D eigenvalue weighted by Gasteiger charge is 2.17. The second-order valence-electron chi connectivity index (χ2n) is 4.97. The number of nitrogens with zero attached hydrogens (tertiary/aromatic N) is 2. The van der Waals surface area contributed by atoms with Crippen molar-refractivity contribution in [1.29, 1.82) is 5.26 Å². The molecule has 0 unspecified atom stereocenters. The van der Waals surface area contributed by atoms with Crippen LogP contribution < -0.4 is 15.2 Å². The van der Waals surface area contributed by atoms with E-state index in [4.69, 9.17) is 15.2 Å². The number of nitriles is 1. The van der Waals surface area contributed by atoms with Gasteiger partial charge in [0, 0.05) is 17.2 Å². The molecule has 24 heavy (non-hydrogen) atoms. The zero-order valence-electron chi connectivity index (χ0n) is 13.2. The first kappa shape index (κ1) is 15.8. The van der Waals surface area contributed by atoms with Crippen molar-refractivity contribution in [3.63, 3.8) is 0 Å². The minimum absolute atomic E-state index is 0.205. The molecule has 2 heterocycles. The lowest BCUT2D eigenvalue weighted by molar-refractivity contribution is 0.395. The number of pyridine rings is 1. The third-order valence-electron chi connectivity index (χ3n) is 3.63. The predicted octanol–water partition coefficient (Wildman–Crippen LogP) is 3.95. The van der Waals surface area contributed by atoms with Crippen molar-refractivity contribution in [1.82, 2.24) is 4.98 Å². The molecule has 0 aliphatic carbocycles. The van der Waals surface area contributed by atoms with E-state index in [9.17, 15) is 5.26 Å². The lowest BCUT2D eigenvalue weighted by Crippen LogP contribution is -2.00. The maximum atomic E-state index is 9.51. The zero-order valence-corrected chi connectivity index (χ0v) is 14.1. The number of aromatic nitrogens is 1. The molecule has 5 nitrogen and oxygen atoms in total. The fourth-order valence-electron chi connectivity index (χ4n) is 2.47. The highest BCUT2D eigenvalue weighted by Crippen LogP contribution is 2.38. The Morgan fingerprint density at radius 2 is 1.96 bits per heavy atom. The monoisotopic (exact) mass is 337 g/mol. The van der Waals surface area contributed by atoms with Gasteiger partial charge in [-0.2, -0.15) is 5.26 Å². The highest BCUT2D eigenvalue weighted by molar-refractivity contribution is 7.13. The summed E-state index contributed by atoms with van der Waals surface area (Å²) in [7, 11) is 3.17. The van der Waals surface area contributed by atoms with Crippen LogP contribution in [0.25, 0.3) is 21.7 Å². The molecule has 120 valence electrons. The lowest BCUT2D eigenvalue weighted by Gasteiger charge is -2.13. The summed E-state index contributed by atoms with van der Waals surface area (Å²) in [6.07, 6.45) is 0. The van der Waals surface area contributed by atoms with Crippen LogP contribution in [0.4, 0.5) is 5.82 Å². The van der Waals surface area contributed by atoms with Crippen LogP contribution >= 0.6 is 11.3 Å². The van der Waals surface area contributed by atoms with E-state index in [0.29, 0.717) is 22.6 Å². The van der Waals surface area contributed by atoms with Gasteiger partial charge in [0.25, 0.3) is 0 Å². The van der Waals surface area contributed by atoms with Gasteiger partial charge in [0.15, 0.2) is 0 Å². The lowest BCUT2D eigenvalue weighted by atomic mass is 9.99. The molecule has 0 spiro atoms. The number of hydrogen-bond acceptors (Lipinski definition) is 6. The van der Waals surface area contributed by atoms with Gasteiger partial charge < -0.3 is 15.2 Å². The van der Waals surface area contributed by atoms with E-state index < -0.39 is 0 Å². The van der Waals surface area contributed by atoms with E-state index in [1.54, 1.807) is 31.6 Å². The Balaban J connectivity index is 2.25. The first-order chi connectivity index (χ1) is 11.7. The number of ether oxygens (including phenoxy) is 2. The molecule has 1 aromatic carbocycles. The minimum atomic E-state index is 0.205. The van der Waals surface area contributed by atoms with Crippen LogP contribution in [-0.2, 0) is 0 Å². The summed E-state index contributed by atoms with van der Waals surface area (Å²) in [6, 6.07) is 13.4. The molecule has 0 saturated heterocycles. The van der Waals surface area contributed by atoms with Crippen molar-refractivity contribution in [2.75, 3.05) is 20.0 Å². The van der Waals surface area contributed by atoms with Crippen molar-refractivity contribution in [3.8, 4) is 39.3 Å². The molecule has 6 heteroatoms. The van der Waals surface area contributed by atoms with E-state index in [1.807, 2.05) is 35.7 Å². The van der Waals surface area contributed by atoms with E-state index in [-0.39, 0.29) is 5.82 Å². The molecule has 3 rings (SSSR count). The van der Waals surface area contributed by atoms with Crippen LogP contribution in [0.5, 0.6) is 11.5 Å². The summed E-state index contributed by atoms with van der Waals surface area (Å²) < 4.78 is 10.7. The van der Waals surface area contributed by atoms with Crippen molar-refractivity contribution >= 4 is 17.2 Å². The van der Waals surface area contributed by atoms with Crippen LogP contribution in [0.15, 0.2) is 41.8 Å². The summed E-state index contributed by atoms with van der Waals surface area (Å²) >= 11 is 1.57. The van der Waals surface area contributed by atoms with Crippen LogP contribution in [0.3, 0.4) is 0 Å². The third kappa shape index (κ3) is 2.77. The molecule has 3 aromatic rings. The SMILES string of the molecule is COc1ccc(-c2cc(-c3cccs3)nc(N)c2C#N)c(OC)c1. The van der Waals surface area contributed by atoms with Gasteiger partial charge >= 0.3 is 0 Å². The van der Waals surface area contributed by atoms with Gasteiger partial charge in [-0.25, -0.2) is 4.98 Å². The Labute approximate surface area is 143 Å². The summed E-state index contributed by atoms with van der Waals surface area (Å²) in [5.74, 6) is 1.49. The Hall–Kier alpha value is -3.04. The molecular formula is C18H15N3O2S. The number of methoxy groups -OCH3 is 2. The number of rotatable bonds is 4. The molecule has 0 radical (unpaired) electrons. The van der Waals surface area contributed by atoms with Gasteiger partial charge in [-0.15, -0.1) is 11.3 Å². The summed E-state index contributed by atoms with van der Waals surface area (Å²) in [5, 5.41) is 11.5. The number of benzene rings is 1. The van der Waals surface area contributed by atoms with E-state index in [2.05, 4.69) is 11.1 Å². The van der Waals surface area contributed by atoms with E-state index in [1.165, 1.54) is 0 Å². The zero-order chi connectivity index (χ0) is 17.1. The molecule has 0 saturated carbocycles. The molecule has 2 aromatic heterocycles. The molecule has 0 aliphatic rings. The first-order valence-corrected chi connectivity index (χ1v) is 8.02. The van der Waals surface area contributed by atoms with Gasteiger partial charge in [0.2, 0.25) is 0 Å². The van der Waals surface area contributed by atoms with Crippen LogP contribution in [0.2, 0.25) is 0 Å². The molecule has 0 aliphatic heterocycles. The quantitative estimate of drug-likeness (QED) is 0.779. The fourth-order valence-corrected chi connectivity index (χ4v) is 3.15. The Bertz CT molecular complexity index is 915. The average Bonchev–Trinajstić information content (AvgIpc) is 3.15. The second kappa shape index (κ2) is 6.60. The van der Waals surface area contributed by atoms with Crippen LogP contribution in [-0.4, -0.2) is 19.2 Å². The second-order valence-corrected chi connectivity index (χ2v) is 5.92. The maximum Gasteiger partial charge on any atom is 0.142 e. The highest BCUT2D eigenvalue weighted by atomic mass is 32.1. The van der Waals surface area contributed by atoms with Gasteiger partial charge in [-0.3, -0.25) is 0 Å². The first-order valence-electron chi connectivity index (χ1n) is 7.14. The third-order valence-corrected chi connectivity index (χ3v) is 4.52. The van der Waals surface area contributed by atoms with Crippen molar-refractivity contribution in [3.05, 3.63) is 47.3 Å². The van der Waals surface area contributed by atoms with Gasteiger partial charge in [-0.05, 0) is 29.6 Å². The van der Waals surface area contributed by atoms with Gasteiger partial charge in [0.05, 0.1) is 24.8 Å². The molecule has 2 N–H and O–H groups in total. The van der Waals surface area contributed by atoms with Crippen molar-refractivity contribution < 1.29 is 9.47 Å². The minimum Gasteiger partial charge on any atom is -0.497 e. The van der Waals surface area contributed by atoms with E-state index in [0.717, 1.165) is 16.1 Å². The largest absolute Gasteiger partial charge is 0.497 e. The van der Waals surface area contributed by atoms with Gasteiger partial charge in [-0.1, -0.05) is 6.07 Å². The Morgan fingerprint density at radius 1 is 1.12 bits per heavy atom. The topological polar surface area (TPSA) is 81.2 Å². The van der Waals surface area contributed by atoms with Crippen molar-refractivity contribution in [2.45, 2.75) is 0 Å². The normalized spacial score (nSPS) is 10.2. The molecule has 0 amide bonds. The Morgan fingerprint density at radius 3 is 2.58 bits per heavy atom. The molecular weight excluding hydrogens is 322 g/mol. The summed E-state index contributed by atoms with van der Waals surface area (Å²) in [5.41, 5.74) is 8.55. The Kier molecular flexibility index (Phi) is 4.36. The van der Waals surface area contributed by atoms with Crippen LogP contribution in [0.1, 0.15) is 5.56 Å². The summed E-state index contributed by atoms with van der Waals surface area (Å²) in [6.45, 7) is 0. The number of anilines is 1. The maximum absolute atomic E-state index is 9.51. The molecule has 0 bridgehead atoms. The molecule has 0 fully saturated rings. The summed E-state index contributed by atoms with van der Waals surface area (Å²) in [4.78, 5) is 5.35. The number of nitrogens with two attached hydrogens (primary N) is 1. The molecule has 0 atom stereocenters. The smallest absolute Gasteiger partial charge is 0.142 e. The van der Waals surface area contributed by atoms with E-state index >= 15 is 0 Å². The number of nitrogen functional groups attached to an aromatic ring is 1. The fraction of sp³-hybridized carbons (Fsp3) is 0.111. The predicted molar refractivity (Wildman–Crippen MR) is 95.2 cm³/mol.